The van der Waals surface area contributed by atoms with Gasteiger partial charge in [0.25, 0.3) is 0 Å². The van der Waals surface area contributed by atoms with E-state index in [9.17, 15) is 9.90 Å². The molecule has 0 atom stereocenters. The molecule has 1 heterocycles. The standard InChI is InChI=1S/C13H12N2O2/c16-12(17)13(6-7-13)10-8-14-15-11(10)9-4-2-1-3-5-9/h1-5,8H,6-7H2,(H,14,15)(H,16,17). The maximum Gasteiger partial charge on any atom is 0.314 e. The van der Waals surface area contributed by atoms with Gasteiger partial charge < -0.3 is 5.11 Å². The molecule has 2 N–H and O–H groups in total. The molecule has 0 spiro atoms. The van der Waals surface area contributed by atoms with Crippen molar-refractivity contribution in [3.63, 3.8) is 0 Å². The number of rotatable bonds is 3. The molecule has 0 aliphatic heterocycles. The number of benzene rings is 1. The van der Waals surface area contributed by atoms with Crippen LogP contribution in [-0.4, -0.2) is 21.3 Å². The van der Waals surface area contributed by atoms with Crippen molar-refractivity contribution in [1.82, 2.24) is 10.2 Å². The number of nitrogens with one attached hydrogen (secondary N) is 1. The Balaban J connectivity index is 2.10. The van der Waals surface area contributed by atoms with Crippen LogP contribution >= 0.6 is 0 Å². The van der Waals surface area contributed by atoms with Crippen LogP contribution in [0.1, 0.15) is 18.4 Å². The number of nitrogens with zero attached hydrogens (tertiary/aromatic N) is 1. The fourth-order valence-corrected chi connectivity index (χ4v) is 2.20. The second-order valence-corrected chi connectivity index (χ2v) is 4.41. The Bertz CT molecular complexity index is 556. The topological polar surface area (TPSA) is 66.0 Å². The lowest BCUT2D eigenvalue weighted by molar-refractivity contribution is -0.140. The summed E-state index contributed by atoms with van der Waals surface area (Å²) < 4.78 is 0. The number of hydrogen-bond donors (Lipinski definition) is 2. The average Bonchev–Trinajstić information content (AvgIpc) is 3.02. The Morgan fingerprint density at radius 3 is 2.59 bits per heavy atom. The van der Waals surface area contributed by atoms with Gasteiger partial charge >= 0.3 is 5.97 Å². The zero-order valence-electron chi connectivity index (χ0n) is 9.18. The molecule has 0 amide bonds. The third-order valence-corrected chi connectivity index (χ3v) is 3.38. The van der Waals surface area contributed by atoms with Gasteiger partial charge in [-0.2, -0.15) is 5.10 Å². The number of aromatic nitrogens is 2. The normalized spacial score (nSPS) is 16.7. The number of H-pyrrole nitrogens is 1. The molecule has 1 aromatic heterocycles. The number of carboxylic acid groups (broad SMARTS) is 1. The lowest BCUT2D eigenvalue weighted by Gasteiger charge is -2.10. The Morgan fingerprint density at radius 2 is 2.00 bits per heavy atom. The summed E-state index contributed by atoms with van der Waals surface area (Å²) in [5.74, 6) is -0.754. The van der Waals surface area contributed by atoms with Crippen molar-refractivity contribution in [3.8, 4) is 11.3 Å². The molecular formula is C13H12N2O2. The van der Waals surface area contributed by atoms with Gasteiger partial charge in [-0.15, -0.1) is 0 Å². The van der Waals surface area contributed by atoms with Gasteiger partial charge in [-0.05, 0) is 18.4 Å². The monoisotopic (exact) mass is 228 g/mol. The van der Waals surface area contributed by atoms with Crippen molar-refractivity contribution in [3.05, 3.63) is 42.1 Å². The zero-order chi connectivity index (χ0) is 11.9. The third-order valence-electron chi connectivity index (χ3n) is 3.38. The minimum Gasteiger partial charge on any atom is -0.481 e. The molecule has 3 rings (SSSR count). The molecule has 17 heavy (non-hydrogen) atoms. The Kier molecular flexibility index (Phi) is 2.04. The van der Waals surface area contributed by atoms with Gasteiger partial charge in [0.2, 0.25) is 0 Å². The van der Waals surface area contributed by atoms with Gasteiger partial charge in [0.05, 0.1) is 17.3 Å². The van der Waals surface area contributed by atoms with E-state index in [0.717, 1.165) is 16.8 Å². The van der Waals surface area contributed by atoms with E-state index in [2.05, 4.69) is 10.2 Å². The SMILES string of the molecule is O=C(O)C1(c2cn[nH]c2-c2ccccc2)CC1. The maximum atomic E-state index is 11.3. The quantitative estimate of drug-likeness (QED) is 0.846. The summed E-state index contributed by atoms with van der Waals surface area (Å²) in [5, 5.41) is 16.2. The van der Waals surface area contributed by atoms with Crippen molar-refractivity contribution >= 4 is 5.97 Å². The van der Waals surface area contributed by atoms with Crippen LogP contribution in [0, 0.1) is 0 Å². The highest BCUT2D eigenvalue weighted by Gasteiger charge is 2.53. The highest BCUT2D eigenvalue weighted by molar-refractivity contribution is 5.87. The summed E-state index contributed by atoms with van der Waals surface area (Å²) in [6.07, 6.45) is 3.03. The Morgan fingerprint density at radius 1 is 1.29 bits per heavy atom. The molecule has 0 unspecified atom stereocenters. The van der Waals surface area contributed by atoms with E-state index in [-0.39, 0.29) is 0 Å². The van der Waals surface area contributed by atoms with Crippen LogP contribution in [0.15, 0.2) is 36.5 Å². The third kappa shape index (κ3) is 1.45. The maximum absolute atomic E-state index is 11.3. The predicted molar refractivity (Wildman–Crippen MR) is 62.6 cm³/mol. The summed E-state index contributed by atoms with van der Waals surface area (Å²) in [5.41, 5.74) is 1.90. The number of aromatic amines is 1. The average molecular weight is 228 g/mol. The minimum atomic E-state index is -0.754. The second kappa shape index (κ2) is 3.45. The predicted octanol–water partition coefficient (Wildman–Crippen LogP) is 2.19. The van der Waals surface area contributed by atoms with E-state index >= 15 is 0 Å². The molecule has 1 aromatic carbocycles. The largest absolute Gasteiger partial charge is 0.481 e. The number of aliphatic carboxylic acids is 1. The van der Waals surface area contributed by atoms with Crippen LogP contribution < -0.4 is 0 Å². The number of carbonyl (C=O) groups is 1. The Labute approximate surface area is 98.3 Å². The van der Waals surface area contributed by atoms with Gasteiger partial charge in [0, 0.05) is 5.56 Å². The second-order valence-electron chi connectivity index (χ2n) is 4.41. The molecule has 1 aliphatic rings. The molecule has 1 fully saturated rings. The number of carboxylic acids is 1. The number of hydrogen-bond acceptors (Lipinski definition) is 2. The zero-order valence-corrected chi connectivity index (χ0v) is 9.18. The van der Waals surface area contributed by atoms with E-state index in [1.165, 1.54) is 0 Å². The van der Waals surface area contributed by atoms with Gasteiger partial charge in [-0.1, -0.05) is 30.3 Å². The van der Waals surface area contributed by atoms with Crippen LogP contribution in [0.5, 0.6) is 0 Å². The van der Waals surface area contributed by atoms with E-state index in [4.69, 9.17) is 0 Å². The molecule has 0 saturated heterocycles. The highest BCUT2D eigenvalue weighted by atomic mass is 16.4. The Hall–Kier alpha value is -2.10. The van der Waals surface area contributed by atoms with Crippen molar-refractivity contribution in [2.45, 2.75) is 18.3 Å². The van der Waals surface area contributed by atoms with E-state index in [1.807, 2.05) is 30.3 Å². The van der Waals surface area contributed by atoms with Crippen LogP contribution in [-0.2, 0) is 10.2 Å². The molecule has 0 radical (unpaired) electrons. The van der Waals surface area contributed by atoms with Crippen LogP contribution in [0.2, 0.25) is 0 Å². The van der Waals surface area contributed by atoms with Gasteiger partial charge in [-0.25, -0.2) is 0 Å². The lowest BCUT2D eigenvalue weighted by Crippen LogP contribution is -2.19. The summed E-state index contributed by atoms with van der Waals surface area (Å²) in [4.78, 5) is 11.3. The first-order valence-electron chi connectivity index (χ1n) is 5.57. The minimum absolute atomic E-state index is 0.696. The van der Waals surface area contributed by atoms with Gasteiger partial charge in [0.15, 0.2) is 0 Å². The molecule has 0 bridgehead atoms. The van der Waals surface area contributed by atoms with Crippen LogP contribution in [0.4, 0.5) is 0 Å². The molecule has 4 nitrogen and oxygen atoms in total. The molecular weight excluding hydrogens is 216 g/mol. The van der Waals surface area contributed by atoms with E-state index < -0.39 is 11.4 Å². The molecule has 86 valence electrons. The summed E-state index contributed by atoms with van der Waals surface area (Å²) in [6, 6.07) is 9.70. The summed E-state index contributed by atoms with van der Waals surface area (Å²) in [7, 11) is 0. The summed E-state index contributed by atoms with van der Waals surface area (Å²) in [6.45, 7) is 0. The first-order valence-corrected chi connectivity index (χ1v) is 5.57. The fourth-order valence-electron chi connectivity index (χ4n) is 2.20. The lowest BCUT2D eigenvalue weighted by atomic mass is 9.94. The molecule has 4 heteroatoms. The van der Waals surface area contributed by atoms with E-state index in [0.29, 0.717) is 12.8 Å². The highest BCUT2D eigenvalue weighted by Crippen LogP contribution is 2.50. The van der Waals surface area contributed by atoms with Crippen molar-refractivity contribution in [2.24, 2.45) is 0 Å². The fraction of sp³-hybridized carbons (Fsp3) is 0.231. The van der Waals surface area contributed by atoms with Crippen molar-refractivity contribution in [1.29, 1.82) is 0 Å². The van der Waals surface area contributed by atoms with Gasteiger partial charge in [0.1, 0.15) is 0 Å². The van der Waals surface area contributed by atoms with Crippen LogP contribution in [0.25, 0.3) is 11.3 Å². The molecule has 1 saturated carbocycles. The smallest absolute Gasteiger partial charge is 0.314 e. The molecule has 1 aliphatic carbocycles. The van der Waals surface area contributed by atoms with E-state index in [1.54, 1.807) is 6.20 Å². The van der Waals surface area contributed by atoms with Crippen LogP contribution in [0.3, 0.4) is 0 Å². The summed E-state index contributed by atoms with van der Waals surface area (Å²) >= 11 is 0. The van der Waals surface area contributed by atoms with Crippen molar-refractivity contribution in [2.75, 3.05) is 0 Å². The molecule has 2 aromatic rings. The van der Waals surface area contributed by atoms with Crippen molar-refractivity contribution < 1.29 is 9.90 Å². The first kappa shape index (κ1) is 10.1. The van der Waals surface area contributed by atoms with Gasteiger partial charge in [-0.3, -0.25) is 9.89 Å². The first-order chi connectivity index (χ1) is 8.24.